The number of primary amides is 1. The maximum atomic E-state index is 12.1. The smallest absolute Gasteiger partial charge is 0.224 e. The molecule has 0 aromatic rings. The molecule has 7 nitrogen and oxygen atoms in total. The van der Waals surface area contributed by atoms with Crippen molar-refractivity contribution in [1.82, 2.24) is 10.2 Å². The van der Waals surface area contributed by atoms with Crippen LogP contribution in [-0.2, 0) is 19.1 Å². The number of hydrogen-bond acceptors (Lipinski definition) is 5. The van der Waals surface area contributed by atoms with E-state index in [0.717, 1.165) is 13.1 Å². The minimum Gasteiger partial charge on any atom is -0.369 e. The fourth-order valence-electron chi connectivity index (χ4n) is 3.12. The Kier molecular flexibility index (Phi) is 6.74. The molecule has 1 radical (unpaired) electrons. The molecule has 2 heterocycles. The highest BCUT2D eigenvalue weighted by Crippen LogP contribution is 2.18. The highest BCUT2D eigenvalue weighted by atomic mass is 16.5. The highest BCUT2D eigenvalue weighted by Gasteiger charge is 2.38. The molecule has 0 bridgehead atoms. The van der Waals surface area contributed by atoms with Gasteiger partial charge in [0.2, 0.25) is 11.8 Å². The van der Waals surface area contributed by atoms with Gasteiger partial charge in [0.05, 0.1) is 6.10 Å². The van der Waals surface area contributed by atoms with E-state index in [0.29, 0.717) is 13.0 Å². The van der Waals surface area contributed by atoms with E-state index in [1.54, 1.807) is 6.92 Å². The van der Waals surface area contributed by atoms with Gasteiger partial charge >= 0.3 is 0 Å². The molecule has 0 saturated carbocycles. The van der Waals surface area contributed by atoms with E-state index < -0.39 is 6.04 Å². The third-order valence-corrected chi connectivity index (χ3v) is 5.07. The summed E-state index contributed by atoms with van der Waals surface area (Å²) in [6.45, 7) is 6.38. The number of ketones is 1. The Labute approximate surface area is 143 Å². The van der Waals surface area contributed by atoms with Gasteiger partial charge in [-0.05, 0) is 38.3 Å². The molecule has 0 spiro atoms. The molecule has 2 amide bonds. The summed E-state index contributed by atoms with van der Waals surface area (Å²) >= 11 is 0. The number of amides is 2. The number of rotatable bonds is 8. The molecule has 7 heteroatoms. The molecule has 0 aromatic carbocycles. The summed E-state index contributed by atoms with van der Waals surface area (Å²) in [4.78, 5) is 37.5. The normalized spacial score (nSPS) is 27.2. The minimum atomic E-state index is -0.585. The van der Waals surface area contributed by atoms with Gasteiger partial charge in [0.25, 0.3) is 0 Å². The number of nitrogens with two attached hydrogens (primary N) is 1. The molecule has 2 aliphatic rings. The zero-order chi connectivity index (χ0) is 17.7. The van der Waals surface area contributed by atoms with Gasteiger partial charge in [-0.2, -0.15) is 0 Å². The summed E-state index contributed by atoms with van der Waals surface area (Å²) in [6, 6.07) is -0.585. The lowest BCUT2D eigenvalue weighted by Gasteiger charge is -2.24. The predicted octanol–water partition coefficient (Wildman–Crippen LogP) is -0.113. The Bertz CT molecular complexity index is 476. The molecule has 3 N–H and O–H groups in total. The maximum absolute atomic E-state index is 12.1. The van der Waals surface area contributed by atoms with Crippen molar-refractivity contribution < 1.29 is 19.1 Å². The van der Waals surface area contributed by atoms with Crippen LogP contribution in [0.3, 0.4) is 0 Å². The van der Waals surface area contributed by atoms with Crippen molar-refractivity contribution in [2.24, 2.45) is 17.6 Å². The Balaban J connectivity index is 1.80. The van der Waals surface area contributed by atoms with E-state index >= 15 is 0 Å². The van der Waals surface area contributed by atoms with Gasteiger partial charge in [0.1, 0.15) is 12.6 Å². The van der Waals surface area contributed by atoms with Crippen molar-refractivity contribution in [3.05, 3.63) is 6.42 Å². The molecular formula is C17H28N3O4. The monoisotopic (exact) mass is 338 g/mol. The van der Waals surface area contributed by atoms with Crippen molar-refractivity contribution in [3.8, 4) is 0 Å². The van der Waals surface area contributed by atoms with Crippen molar-refractivity contribution in [2.45, 2.75) is 45.3 Å². The van der Waals surface area contributed by atoms with E-state index in [2.05, 4.69) is 10.2 Å². The van der Waals surface area contributed by atoms with Crippen LogP contribution in [0.5, 0.6) is 0 Å². The molecular weight excluding hydrogens is 310 g/mol. The molecule has 4 atom stereocenters. The zero-order valence-electron chi connectivity index (χ0n) is 14.5. The van der Waals surface area contributed by atoms with Crippen molar-refractivity contribution in [2.75, 3.05) is 26.2 Å². The summed E-state index contributed by atoms with van der Waals surface area (Å²) in [5, 5.41) is 2.76. The average Bonchev–Trinajstić information content (AvgIpc) is 3.17. The van der Waals surface area contributed by atoms with Crippen molar-refractivity contribution in [1.29, 1.82) is 0 Å². The second-order valence-corrected chi connectivity index (χ2v) is 6.92. The van der Waals surface area contributed by atoms with Gasteiger partial charge in [-0.1, -0.05) is 13.8 Å². The van der Waals surface area contributed by atoms with Crippen LogP contribution < -0.4 is 11.1 Å². The number of hydrogen-bond donors (Lipinski definition) is 2. The minimum absolute atomic E-state index is 0.0239. The number of nitrogens with zero attached hydrogens (tertiary/aromatic N) is 1. The van der Waals surface area contributed by atoms with Crippen LogP contribution in [0.2, 0.25) is 0 Å². The largest absolute Gasteiger partial charge is 0.369 e. The quantitative estimate of drug-likeness (QED) is 0.643. The van der Waals surface area contributed by atoms with Gasteiger partial charge in [0, 0.05) is 18.9 Å². The van der Waals surface area contributed by atoms with Gasteiger partial charge in [-0.25, -0.2) is 0 Å². The van der Waals surface area contributed by atoms with E-state index in [9.17, 15) is 14.4 Å². The highest BCUT2D eigenvalue weighted by molar-refractivity contribution is 5.94. The van der Waals surface area contributed by atoms with E-state index in [1.807, 2.05) is 6.92 Å². The SMILES string of the molecule is CC(C[CH]C(=O)NC1C(=O)CO[C@H]1CN1CCCC1)C(C)C(N)=O. The summed E-state index contributed by atoms with van der Waals surface area (Å²) < 4.78 is 5.55. The number of likely N-dealkylation sites (tertiary alicyclic amines) is 1. The first-order valence-electron chi connectivity index (χ1n) is 8.68. The van der Waals surface area contributed by atoms with Crippen LogP contribution in [0.15, 0.2) is 0 Å². The standard InChI is InChI=1S/C17H28N3O4/c1-11(12(2)17(18)23)5-6-15(22)19-16-13(21)10-24-14(16)9-20-7-3-4-8-20/h6,11-12,14,16H,3-5,7-10H2,1-2H3,(H2,18,23)(H,19,22)/t11?,12?,14-,16?/m0/s1. The number of nitrogens with one attached hydrogen (secondary N) is 1. The Morgan fingerprint density at radius 1 is 1.38 bits per heavy atom. The van der Waals surface area contributed by atoms with Gasteiger partial charge in [-0.3, -0.25) is 14.4 Å². The Morgan fingerprint density at radius 3 is 2.67 bits per heavy atom. The third kappa shape index (κ3) is 5.01. The van der Waals surface area contributed by atoms with Gasteiger partial charge in [-0.15, -0.1) is 0 Å². The number of carbonyl (C=O) groups is 3. The van der Waals surface area contributed by atoms with Crippen molar-refractivity contribution >= 4 is 17.6 Å². The first-order chi connectivity index (χ1) is 11.4. The first-order valence-corrected chi connectivity index (χ1v) is 8.68. The molecule has 135 valence electrons. The number of Topliss-reactive ketones (excluding diaryl/α,β-unsaturated/α-hetero) is 1. The maximum Gasteiger partial charge on any atom is 0.224 e. The van der Waals surface area contributed by atoms with Crippen LogP contribution in [0.1, 0.15) is 33.1 Å². The fourth-order valence-corrected chi connectivity index (χ4v) is 3.12. The predicted molar refractivity (Wildman–Crippen MR) is 88.8 cm³/mol. The van der Waals surface area contributed by atoms with Gasteiger partial charge < -0.3 is 20.7 Å². The van der Waals surface area contributed by atoms with Crippen LogP contribution in [-0.4, -0.2) is 60.9 Å². The first kappa shape index (κ1) is 18.9. The molecule has 2 rings (SSSR count). The van der Waals surface area contributed by atoms with E-state index in [-0.39, 0.29) is 42.1 Å². The summed E-state index contributed by atoms with van der Waals surface area (Å²) in [5.74, 6) is -1.08. The molecule has 3 unspecified atom stereocenters. The van der Waals surface area contributed by atoms with Crippen molar-refractivity contribution in [3.63, 3.8) is 0 Å². The topological polar surface area (TPSA) is 102 Å². The molecule has 24 heavy (non-hydrogen) atoms. The second-order valence-electron chi connectivity index (χ2n) is 6.92. The van der Waals surface area contributed by atoms with Crippen LogP contribution in [0.4, 0.5) is 0 Å². The molecule has 0 aliphatic carbocycles. The second kappa shape index (κ2) is 8.58. The zero-order valence-corrected chi connectivity index (χ0v) is 14.5. The number of carbonyl (C=O) groups excluding carboxylic acids is 3. The molecule has 2 saturated heterocycles. The summed E-state index contributed by atoms with van der Waals surface area (Å²) in [5.41, 5.74) is 5.27. The van der Waals surface area contributed by atoms with Crippen LogP contribution in [0, 0.1) is 18.3 Å². The van der Waals surface area contributed by atoms with E-state index in [1.165, 1.54) is 19.3 Å². The lowest BCUT2D eigenvalue weighted by Crippen LogP contribution is -2.48. The van der Waals surface area contributed by atoms with Crippen LogP contribution in [0.25, 0.3) is 0 Å². The fraction of sp³-hybridized carbons (Fsp3) is 0.765. The molecule has 2 fully saturated rings. The Hall–Kier alpha value is -1.47. The molecule has 2 aliphatic heterocycles. The molecule has 0 aromatic heterocycles. The number of ether oxygens (including phenoxy) is 1. The Morgan fingerprint density at radius 2 is 2.04 bits per heavy atom. The average molecular weight is 338 g/mol. The summed E-state index contributed by atoms with van der Waals surface area (Å²) in [6.07, 6.45) is 3.98. The lowest BCUT2D eigenvalue weighted by molar-refractivity contribution is -0.125. The summed E-state index contributed by atoms with van der Waals surface area (Å²) in [7, 11) is 0. The van der Waals surface area contributed by atoms with Gasteiger partial charge in [0.15, 0.2) is 5.78 Å². The van der Waals surface area contributed by atoms with Crippen LogP contribution >= 0.6 is 0 Å². The van der Waals surface area contributed by atoms with E-state index in [4.69, 9.17) is 10.5 Å². The lowest BCUT2D eigenvalue weighted by atomic mass is 9.91. The third-order valence-electron chi connectivity index (χ3n) is 5.07.